The first-order valence-electron chi connectivity index (χ1n) is 10.2. The Labute approximate surface area is 187 Å². The summed E-state index contributed by atoms with van der Waals surface area (Å²) in [5.41, 5.74) is 3.05. The van der Waals surface area contributed by atoms with Gasteiger partial charge in [0.15, 0.2) is 0 Å². The summed E-state index contributed by atoms with van der Waals surface area (Å²) in [4.78, 5) is 16.2. The Balaban J connectivity index is 1.54. The first kappa shape index (κ1) is 20.7. The number of ether oxygens (including phenoxy) is 1. The summed E-state index contributed by atoms with van der Waals surface area (Å²) in [6.45, 7) is 0.361. The molecule has 5 nitrogen and oxygen atoms in total. The van der Waals surface area contributed by atoms with E-state index in [9.17, 15) is 13.6 Å². The molecule has 1 N–H and O–H groups in total. The second-order valence-corrected chi connectivity index (χ2v) is 8.30. The van der Waals surface area contributed by atoms with Crippen LogP contribution in [0.4, 0.5) is 8.78 Å². The van der Waals surface area contributed by atoms with Gasteiger partial charge in [-0.1, -0.05) is 11.6 Å². The van der Waals surface area contributed by atoms with Crippen LogP contribution in [-0.2, 0) is 13.1 Å². The molecule has 3 heterocycles. The third-order valence-corrected chi connectivity index (χ3v) is 6.03. The van der Waals surface area contributed by atoms with E-state index in [1.807, 2.05) is 27.8 Å². The summed E-state index contributed by atoms with van der Waals surface area (Å²) in [6, 6.07) is 13.0. The molecule has 0 fully saturated rings. The molecular weight excluding hydrogens is 436 g/mol. The minimum Gasteiger partial charge on any atom is -0.490 e. The van der Waals surface area contributed by atoms with Gasteiger partial charge >= 0.3 is 0 Å². The van der Waals surface area contributed by atoms with Crippen LogP contribution in [0.15, 0.2) is 65.7 Å². The molecule has 1 unspecified atom stereocenters. The monoisotopic (exact) mass is 455 g/mol. The molecule has 0 saturated carbocycles. The van der Waals surface area contributed by atoms with Crippen LogP contribution in [0.2, 0.25) is 5.02 Å². The second kappa shape index (κ2) is 8.41. The Hall–Kier alpha value is -3.16. The van der Waals surface area contributed by atoms with Crippen molar-refractivity contribution in [2.45, 2.75) is 19.1 Å². The van der Waals surface area contributed by atoms with Crippen LogP contribution >= 0.6 is 11.6 Å². The topological polar surface area (TPSA) is 50.3 Å². The van der Waals surface area contributed by atoms with Crippen LogP contribution in [-0.4, -0.2) is 33.8 Å². The molecule has 8 heteroatoms. The number of H-pyrrole nitrogens is 1. The summed E-state index contributed by atoms with van der Waals surface area (Å²) < 4.78 is 35.3. The van der Waals surface area contributed by atoms with Crippen LogP contribution < -0.4 is 10.3 Å². The number of nitrogens with zero attached hydrogens (tertiary/aromatic N) is 2. The summed E-state index contributed by atoms with van der Waals surface area (Å²) in [6.07, 6.45) is 3.44. The summed E-state index contributed by atoms with van der Waals surface area (Å²) >= 11 is 6.58. The summed E-state index contributed by atoms with van der Waals surface area (Å²) in [5.74, 6) is 0.237. The smallest absolute Gasteiger partial charge is 0.248 e. The molecule has 0 saturated heterocycles. The molecule has 2 aromatic heterocycles. The average Bonchev–Trinajstić information content (AvgIpc) is 3.09. The average molecular weight is 456 g/mol. The van der Waals surface area contributed by atoms with Crippen molar-refractivity contribution >= 4 is 22.5 Å². The molecule has 0 spiro atoms. The second-order valence-electron chi connectivity index (χ2n) is 7.89. The van der Waals surface area contributed by atoms with E-state index in [0.717, 1.165) is 27.7 Å². The maximum absolute atomic E-state index is 13.9. The number of rotatable bonds is 4. The van der Waals surface area contributed by atoms with E-state index in [1.165, 1.54) is 18.2 Å². The van der Waals surface area contributed by atoms with Gasteiger partial charge in [-0.25, -0.2) is 8.78 Å². The highest BCUT2D eigenvalue weighted by Gasteiger charge is 2.27. The van der Waals surface area contributed by atoms with Gasteiger partial charge < -0.3 is 14.3 Å². The fourth-order valence-corrected chi connectivity index (χ4v) is 4.46. The van der Waals surface area contributed by atoms with Crippen molar-refractivity contribution in [1.29, 1.82) is 0 Å². The van der Waals surface area contributed by atoms with Crippen LogP contribution in [0, 0.1) is 5.82 Å². The molecule has 1 atom stereocenters. The van der Waals surface area contributed by atoms with E-state index in [1.54, 1.807) is 24.4 Å². The lowest BCUT2D eigenvalue weighted by Gasteiger charge is -2.26. The minimum absolute atomic E-state index is 0.150. The van der Waals surface area contributed by atoms with E-state index in [0.29, 0.717) is 23.9 Å². The lowest BCUT2D eigenvalue weighted by atomic mass is 10.1. The lowest BCUT2D eigenvalue weighted by Crippen LogP contribution is -2.38. The van der Waals surface area contributed by atoms with Gasteiger partial charge in [-0.3, -0.25) is 9.69 Å². The number of halogens is 3. The van der Waals surface area contributed by atoms with Gasteiger partial charge in [0.25, 0.3) is 0 Å². The van der Waals surface area contributed by atoms with Gasteiger partial charge in [-0.15, -0.1) is 0 Å². The molecule has 0 bridgehead atoms. The van der Waals surface area contributed by atoms with Gasteiger partial charge in [-0.05, 0) is 48.0 Å². The Morgan fingerprint density at radius 1 is 1.16 bits per heavy atom. The van der Waals surface area contributed by atoms with Crippen molar-refractivity contribution in [1.82, 2.24) is 14.5 Å². The van der Waals surface area contributed by atoms with E-state index in [-0.39, 0.29) is 18.0 Å². The fraction of sp³-hybridized carbons (Fsp3) is 0.208. The van der Waals surface area contributed by atoms with Gasteiger partial charge in [0.1, 0.15) is 24.8 Å². The van der Waals surface area contributed by atoms with E-state index in [2.05, 4.69) is 4.98 Å². The first-order chi connectivity index (χ1) is 15.5. The van der Waals surface area contributed by atoms with E-state index in [4.69, 9.17) is 16.3 Å². The highest BCUT2D eigenvalue weighted by Crippen LogP contribution is 2.36. The predicted molar refractivity (Wildman–Crippen MR) is 120 cm³/mol. The van der Waals surface area contributed by atoms with Gasteiger partial charge in [0.05, 0.1) is 16.6 Å². The van der Waals surface area contributed by atoms with Crippen LogP contribution in [0.25, 0.3) is 16.6 Å². The number of fused-ring (bicyclic) bond motifs is 2. The number of benzene rings is 2. The Morgan fingerprint density at radius 2 is 2.03 bits per heavy atom. The zero-order valence-corrected chi connectivity index (χ0v) is 17.8. The minimum atomic E-state index is -0.588. The molecule has 2 aromatic carbocycles. The van der Waals surface area contributed by atoms with Gasteiger partial charge in [0.2, 0.25) is 5.56 Å². The van der Waals surface area contributed by atoms with E-state index >= 15 is 0 Å². The highest BCUT2D eigenvalue weighted by molar-refractivity contribution is 6.32. The fourth-order valence-electron chi connectivity index (χ4n) is 4.17. The number of nitrogens with one attached hydrogen (secondary N) is 1. The maximum Gasteiger partial charge on any atom is 0.248 e. The van der Waals surface area contributed by atoms with Crippen molar-refractivity contribution in [2.24, 2.45) is 0 Å². The van der Waals surface area contributed by atoms with Crippen molar-refractivity contribution in [2.75, 3.05) is 13.3 Å². The zero-order valence-electron chi connectivity index (χ0n) is 17.0. The van der Waals surface area contributed by atoms with Crippen LogP contribution in [0.3, 0.4) is 0 Å². The molecule has 164 valence electrons. The molecule has 4 aromatic rings. The Kier molecular flexibility index (Phi) is 5.45. The van der Waals surface area contributed by atoms with Gasteiger partial charge in [-0.2, -0.15) is 0 Å². The predicted octanol–water partition coefficient (Wildman–Crippen LogP) is 4.84. The van der Waals surface area contributed by atoms with Crippen LogP contribution in [0.1, 0.15) is 11.1 Å². The van der Waals surface area contributed by atoms with E-state index < -0.39 is 12.7 Å². The number of aromatic amines is 1. The number of hydrogen-bond acceptors (Lipinski definition) is 3. The highest BCUT2D eigenvalue weighted by atomic mass is 35.5. The lowest BCUT2D eigenvalue weighted by molar-refractivity contribution is 0.115. The molecule has 0 radical (unpaired) electrons. The normalized spacial score (nSPS) is 16.5. The summed E-state index contributed by atoms with van der Waals surface area (Å²) in [7, 11) is 0. The summed E-state index contributed by atoms with van der Waals surface area (Å²) in [5, 5.41) is 1.21. The molecule has 0 amide bonds. The number of pyridine rings is 1. The van der Waals surface area contributed by atoms with Crippen molar-refractivity contribution < 1.29 is 13.5 Å². The zero-order chi connectivity index (χ0) is 22.2. The SMILES string of the molecule is O=c1cc(CN2Cc3cc(-n4ccc5cc(F)ccc54)cc(Cl)c3OCC2CF)cc[nH]1. The standard InChI is InChI=1S/C24H20ClF2N3O2/c25-21-10-19(30-6-4-16-8-18(27)1-2-22(16)30)9-17-13-29(20(11-26)14-32-24(17)21)12-15-3-5-28-23(31)7-15/h1-10,20H,11-14H2,(H,28,31). The number of alkyl halides is 1. The molecule has 1 aliphatic heterocycles. The van der Waals surface area contributed by atoms with Crippen molar-refractivity contribution in [3.63, 3.8) is 0 Å². The third-order valence-electron chi connectivity index (χ3n) is 5.75. The van der Waals surface area contributed by atoms with Crippen molar-refractivity contribution in [3.8, 4) is 11.4 Å². The number of aromatic nitrogens is 2. The third kappa shape index (κ3) is 3.89. The largest absolute Gasteiger partial charge is 0.490 e. The Bertz CT molecular complexity index is 1350. The molecule has 32 heavy (non-hydrogen) atoms. The van der Waals surface area contributed by atoms with Gasteiger partial charge in [0, 0.05) is 48.2 Å². The molecule has 0 aliphatic carbocycles. The van der Waals surface area contributed by atoms with Crippen molar-refractivity contribution in [3.05, 3.63) is 93.2 Å². The Morgan fingerprint density at radius 3 is 2.84 bits per heavy atom. The molecule has 5 rings (SSSR count). The molecule has 1 aliphatic rings. The number of hydrogen-bond donors (Lipinski definition) is 1. The quantitative estimate of drug-likeness (QED) is 0.479. The molecular formula is C24H20ClF2N3O2. The maximum atomic E-state index is 13.9. The first-order valence-corrected chi connectivity index (χ1v) is 10.6. The van der Waals surface area contributed by atoms with Crippen LogP contribution in [0.5, 0.6) is 5.75 Å².